The van der Waals surface area contributed by atoms with Crippen LogP contribution >= 0.6 is 0 Å². The second-order valence-electron chi connectivity index (χ2n) is 5.17. The number of anilines is 1. The van der Waals surface area contributed by atoms with E-state index in [1.54, 1.807) is 12.4 Å². The van der Waals surface area contributed by atoms with Crippen LogP contribution in [0.4, 0.5) is 5.95 Å². The summed E-state index contributed by atoms with van der Waals surface area (Å²) in [6.45, 7) is 1.90. The number of hydrogen-bond acceptors (Lipinski definition) is 5. The normalized spacial score (nSPS) is 17.1. The number of aliphatic carboxylic acids is 1. The summed E-state index contributed by atoms with van der Waals surface area (Å²) in [7, 11) is 4.22. The zero-order chi connectivity index (χ0) is 14.5. The van der Waals surface area contributed by atoms with Crippen molar-refractivity contribution >= 4 is 18.0 Å². The van der Waals surface area contributed by atoms with Crippen LogP contribution in [0.25, 0.3) is 6.08 Å². The van der Waals surface area contributed by atoms with E-state index in [4.69, 9.17) is 5.11 Å². The van der Waals surface area contributed by atoms with Crippen LogP contribution in [-0.4, -0.2) is 59.2 Å². The maximum absolute atomic E-state index is 10.4. The van der Waals surface area contributed by atoms with Crippen molar-refractivity contribution < 1.29 is 9.90 Å². The number of aromatic nitrogens is 2. The van der Waals surface area contributed by atoms with Crippen LogP contribution in [0.3, 0.4) is 0 Å². The van der Waals surface area contributed by atoms with Gasteiger partial charge in [-0.15, -0.1) is 0 Å². The van der Waals surface area contributed by atoms with E-state index in [1.807, 2.05) is 0 Å². The van der Waals surface area contributed by atoms with Gasteiger partial charge in [0.2, 0.25) is 5.95 Å². The maximum Gasteiger partial charge on any atom is 0.328 e. The average Bonchev–Trinajstić information content (AvgIpc) is 2.46. The van der Waals surface area contributed by atoms with Gasteiger partial charge in [-0.3, -0.25) is 0 Å². The van der Waals surface area contributed by atoms with E-state index in [9.17, 15) is 4.79 Å². The maximum atomic E-state index is 10.4. The minimum absolute atomic E-state index is 0.629. The molecule has 1 aromatic rings. The van der Waals surface area contributed by atoms with Gasteiger partial charge < -0.3 is 14.9 Å². The Morgan fingerprint density at radius 3 is 2.45 bits per heavy atom. The van der Waals surface area contributed by atoms with Crippen LogP contribution in [0.15, 0.2) is 18.5 Å². The molecule has 0 radical (unpaired) electrons. The molecule has 1 aliphatic heterocycles. The summed E-state index contributed by atoms with van der Waals surface area (Å²) in [5.74, 6) is -0.255. The Morgan fingerprint density at radius 1 is 1.35 bits per heavy atom. The molecule has 0 saturated carbocycles. The number of carboxylic acids is 1. The highest BCUT2D eigenvalue weighted by Crippen LogP contribution is 2.18. The first-order chi connectivity index (χ1) is 9.56. The van der Waals surface area contributed by atoms with Crippen molar-refractivity contribution in [3.8, 4) is 0 Å². The SMILES string of the molecule is CN(C)C1CCN(c2ncc(/C=C/C(=O)O)cn2)CC1. The quantitative estimate of drug-likeness (QED) is 0.831. The predicted octanol–water partition coefficient (Wildman–Crippen LogP) is 1.10. The molecule has 1 aliphatic rings. The summed E-state index contributed by atoms with van der Waals surface area (Å²) in [6.07, 6.45) is 8.10. The van der Waals surface area contributed by atoms with Gasteiger partial charge in [-0.05, 0) is 33.0 Å². The first-order valence-corrected chi connectivity index (χ1v) is 6.70. The van der Waals surface area contributed by atoms with E-state index >= 15 is 0 Å². The van der Waals surface area contributed by atoms with E-state index in [1.165, 1.54) is 6.08 Å². The number of carbonyl (C=O) groups is 1. The number of hydrogen-bond donors (Lipinski definition) is 1. The zero-order valence-corrected chi connectivity index (χ0v) is 11.9. The number of piperidine rings is 1. The van der Waals surface area contributed by atoms with Gasteiger partial charge in [0.05, 0.1) is 0 Å². The standard InChI is InChI=1S/C14H20N4O2/c1-17(2)12-5-7-18(8-6-12)14-15-9-11(10-16-14)3-4-13(19)20/h3-4,9-10,12H,5-8H2,1-2H3,(H,19,20)/b4-3+. The lowest BCUT2D eigenvalue weighted by molar-refractivity contribution is -0.131. The molecule has 108 valence electrons. The smallest absolute Gasteiger partial charge is 0.328 e. The second-order valence-corrected chi connectivity index (χ2v) is 5.17. The minimum Gasteiger partial charge on any atom is -0.478 e. The van der Waals surface area contributed by atoms with Gasteiger partial charge in [0.1, 0.15) is 0 Å². The van der Waals surface area contributed by atoms with Crippen LogP contribution in [0.5, 0.6) is 0 Å². The van der Waals surface area contributed by atoms with E-state index < -0.39 is 5.97 Å². The van der Waals surface area contributed by atoms with Gasteiger partial charge in [0, 0.05) is 43.2 Å². The van der Waals surface area contributed by atoms with Crippen LogP contribution < -0.4 is 4.90 Å². The predicted molar refractivity (Wildman–Crippen MR) is 77.6 cm³/mol. The van der Waals surface area contributed by atoms with Crippen LogP contribution in [0.1, 0.15) is 18.4 Å². The molecule has 1 fully saturated rings. The molecule has 0 spiro atoms. The number of nitrogens with zero attached hydrogens (tertiary/aromatic N) is 4. The third-order valence-electron chi connectivity index (χ3n) is 3.55. The van der Waals surface area contributed by atoms with E-state index in [2.05, 4.69) is 33.9 Å². The molecular weight excluding hydrogens is 256 g/mol. The van der Waals surface area contributed by atoms with Gasteiger partial charge in [-0.1, -0.05) is 0 Å². The fourth-order valence-electron chi connectivity index (χ4n) is 2.33. The van der Waals surface area contributed by atoms with Crippen molar-refractivity contribution in [1.29, 1.82) is 0 Å². The molecule has 0 aliphatic carbocycles. The van der Waals surface area contributed by atoms with E-state index in [-0.39, 0.29) is 0 Å². The summed E-state index contributed by atoms with van der Waals surface area (Å²) in [6, 6.07) is 0.629. The molecule has 1 aromatic heterocycles. The third kappa shape index (κ3) is 3.77. The summed E-state index contributed by atoms with van der Waals surface area (Å²) in [5.41, 5.74) is 0.694. The zero-order valence-electron chi connectivity index (χ0n) is 11.9. The molecule has 0 bridgehead atoms. The number of rotatable bonds is 4. The Labute approximate surface area is 118 Å². The molecule has 6 heteroatoms. The summed E-state index contributed by atoms with van der Waals surface area (Å²) in [4.78, 5) is 23.5. The van der Waals surface area contributed by atoms with Crippen molar-refractivity contribution in [3.63, 3.8) is 0 Å². The topological polar surface area (TPSA) is 69.6 Å². The fraction of sp³-hybridized carbons (Fsp3) is 0.500. The Hall–Kier alpha value is -1.95. The first-order valence-electron chi connectivity index (χ1n) is 6.70. The van der Waals surface area contributed by atoms with Crippen molar-refractivity contribution in [3.05, 3.63) is 24.0 Å². The highest BCUT2D eigenvalue weighted by molar-refractivity contribution is 5.85. The van der Waals surface area contributed by atoms with Gasteiger partial charge in [0.15, 0.2) is 0 Å². The molecule has 20 heavy (non-hydrogen) atoms. The van der Waals surface area contributed by atoms with E-state index in [0.717, 1.165) is 38.0 Å². The van der Waals surface area contributed by atoms with Gasteiger partial charge in [0.25, 0.3) is 0 Å². The average molecular weight is 276 g/mol. The highest BCUT2D eigenvalue weighted by Gasteiger charge is 2.21. The van der Waals surface area contributed by atoms with Crippen molar-refractivity contribution in [1.82, 2.24) is 14.9 Å². The molecule has 0 unspecified atom stereocenters. The molecule has 0 aromatic carbocycles. The van der Waals surface area contributed by atoms with E-state index in [0.29, 0.717) is 11.6 Å². The molecule has 0 atom stereocenters. The Kier molecular flexibility index (Phi) is 4.68. The first kappa shape index (κ1) is 14.5. The molecule has 1 N–H and O–H groups in total. The van der Waals surface area contributed by atoms with Crippen molar-refractivity contribution in [2.75, 3.05) is 32.1 Å². The molecule has 6 nitrogen and oxygen atoms in total. The monoisotopic (exact) mass is 276 g/mol. The lowest BCUT2D eigenvalue weighted by atomic mass is 10.0. The van der Waals surface area contributed by atoms with Gasteiger partial charge in [-0.2, -0.15) is 0 Å². The van der Waals surface area contributed by atoms with Crippen molar-refractivity contribution in [2.45, 2.75) is 18.9 Å². The lowest BCUT2D eigenvalue weighted by Crippen LogP contribution is -2.42. The summed E-state index contributed by atoms with van der Waals surface area (Å²) >= 11 is 0. The second kappa shape index (κ2) is 6.47. The Bertz CT molecular complexity index is 476. The molecule has 1 saturated heterocycles. The molecule has 0 amide bonds. The Morgan fingerprint density at radius 2 is 1.95 bits per heavy atom. The largest absolute Gasteiger partial charge is 0.478 e. The van der Waals surface area contributed by atoms with Crippen LogP contribution in [0, 0.1) is 0 Å². The van der Waals surface area contributed by atoms with Crippen LogP contribution in [0.2, 0.25) is 0 Å². The molecule has 2 heterocycles. The molecule has 2 rings (SSSR count). The van der Waals surface area contributed by atoms with Crippen molar-refractivity contribution in [2.24, 2.45) is 0 Å². The minimum atomic E-state index is -0.972. The fourth-order valence-corrected chi connectivity index (χ4v) is 2.33. The summed E-state index contributed by atoms with van der Waals surface area (Å²) in [5, 5.41) is 8.56. The summed E-state index contributed by atoms with van der Waals surface area (Å²) < 4.78 is 0. The molecular formula is C14H20N4O2. The van der Waals surface area contributed by atoms with Crippen LogP contribution in [-0.2, 0) is 4.79 Å². The Balaban J connectivity index is 1.96. The van der Waals surface area contributed by atoms with Gasteiger partial charge >= 0.3 is 5.97 Å². The number of carboxylic acid groups (broad SMARTS) is 1. The third-order valence-corrected chi connectivity index (χ3v) is 3.55. The lowest BCUT2D eigenvalue weighted by Gasteiger charge is -2.35. The van der Waals surface area contributed by atoms with Gasteiger partial charge in [-0.25, -0.2) is 14.8 Å². The highest BCUT2D eigenvalue weighted by atomic mass is 16.4.